The number of halogens is 2. The Hall–Kier alpha value is -0.480. The minimum absolute atomic E-state index is 0.133. The van der Waals surface area contributed by atoms with E-state index in [-0.39, 0.29) is 5.75 Å². The van der Waals surface area contributed by atoms with Gasteiger partial charge in [-0.15, -0.1) is 0 Å². The van der Waals surface area contributed by atoms with Crippen LogP contribution in [-0.4, -0.2) is 29.1 Å². The number of hydrogen-bond donors (Lipinski definition) is 2. The van der Waals surface area contributed by atoms with Crippen molar-refractivity contribution < 1.29 is 5.11 Å². The molecule has 106 valence electrons. The molecule has 3 N–H and O–H groups in total. The number of nitrogens with zero attached hydrogens (tertiary/aromatic N) is 1. The molecule has 19 heavy (non-hydrogen) atoms. The van der Waals surface area contributed by atoms with Crippen molar-refractivity contribution in [2.24, 2.45) is 11.7 Å². The van der Waals surface area contributed by atoms with Gasteiger partial charge in [0.15, 0.2) is 0 Å². The number of aromatic hydroxyl groups is 1. The molecule has 1 aromatic carbocycles. The molecule has 0 radical (unpaired) electrons. The number of phenols is 1. The van der Waals surface area contributed by atoms with Crippen molar-refractivity contribution in [3.8, 4) is 5.75 Å². The Balaban J connectivity index is 2.15. The van der Waals surface area contributed by atoms with E-state index in [0.29, 0.717) is 35.1 Å². The number of rotatable bonds is 3. The Bertz CT molecular complexity index is 453. The molecule has 0 amide bonds. The van der Waals surface area contributed by atoms with Gasteiger partial charge in [0, 0.05) is 29.7 Å². The first-order chi connectivity index (χ1) is 9.01. The largest absolute Gasteiger partial charge is 0.506 e. The number of benzene rings is 1. The van der Waals surface area contributed by atoms with Crippen LogP contribution in [0.3, 0.4) is 0 Å². The molecule has 0 saturated carbocycles. The Morgan fingerprint density at radius 1 is 1.37 bits per heavy atom. The molecule has 1 aliphatic rings. The first kappa shape index (κ1) is 14.9. The summed E-state index contributed by atoms with van der Waals surface area (Å²) in [6.07, 6.45) is 2.31. The summed E-state index contributed by atoms with van der Waals surface area (Å²) in [7, 11) is 0. The number of phenolic OH excluding ortho intramolecular Hbond substituents is 1. The molecule has 2 atom stereocenters. The van der Waals surface area contributed by atoms with Crippen molar-refractivity contribution in [3.63, 3.8) is 0 Å². The highest BCUT2D eigenvalue weighted by atomic mass is 35.5. The molecular formula is C14H20Cl2N2O. The average Bonchev–Trinajstić information content (AvgIpc) is 2.38. The molecule has 1 saturated heterocycles. The quantitative estimate of drug-likeness (QED) is 0.901. The summed E-state index contributed by atoms with van der Waals surface area (Å²) >= 11 is 12.0. The number of hydrogen-bond acceptors (Lipinski definition) is 3. The SMILES string of the molecule is CC1CCC(CN)CN1Cc1cc(Cl)cc(Cl)c1O. The molecule has 1 aliphatic heterocycles. The summed E-state index contributed by atoms with van der Waals surface area (Å²) in [4.78, 5) is 2.34. The lowest BCUT2D eigenvalue weighted by Crippen LogP contribution is -2.43. The standard InChI is InChI=1S/C14H20Cl2N2O/c1-9-2-3-10(6-17)7-18(9)8-11-4-12(15)5-13(16)14(11)19/h4-5,9-10,19H,2-3,6-8,17H2,1H3. The Morgan fingerprint density at radius 2 is 2.11 bits per heavy atom. The van der Waals surface area contributed by atoms with Crippen LogP contribution in [0.4, 0.5) is 0 Å². The maximum absolute atomic E-state index is 10.0. The summed E-state index contributed by atoms with van der Waals surface area (Å²) in [5.74, 6) is 0.668. The summed E-state index contributed by atoms with van der Waals surface area (Å²) in [5, 5.41) is 10.9. The summed E-state index contributed by atoms with van der Waals surface area (Å²) in [5.41, 5.74) is 6.54. The molecule has 1 fully saturated rings. The lowest BCUT2D eigenvalue weighted by Gasteiger charge is -2.37. The van der Waals surface area contributed by atoms with Gasteiger partial charge in [-0.05, 0) is 44.4 Å². The average molecular weight is 303 g/mol. The van der Waals surface area contributed by atoms with E-state index in [2.05, 4.69) is 11.8 Å². The van der Waals surface area contributed by atoms with Crippen LogP contribution in [0.25, 0.3) is 0 Å². The van der Waals surface area contributed by atoms with E-state index in [9.17, 15) is 5.11 Å². The van der Waals surface area contributed by atoms with E-state index in [0.717, 1.165) is 18.5 Å². The fraction of sp³-hybridized carbons (Fsp3) is 0.571. The zero-order chi connectivity index (χ0) is 14.0. The van der Waals surface area contributed by atoms with E-state index in [1.807, 2.05) is 0 Å². The Labute approximate surface area is 124 Å². The predicted octanol–water partition coefficient (Wildman–Crippen LogP) is 3.26. The van der Waals surface area contributed by atoms with E-state index >= 15 is 0 Å². The van der Waals surface area contributed by atoms with Crippen molar-refractivity contribution in [2.45, 2.75) is 32.4 Å². The minimum Gasteiger partial charge on any atom is -0.506 e. The van der Waals surface area contributed by atoms with Gasteiger partial charge in [-0.1, -0.05) is 23.2 Å². The van der Waals surface area contributed by atoms with Crippen LogP contribution < -0.4 is 5.73 Å². The van der Waals surface area contributed by atoms with Crippen LogP contribution in [0.2, 0.25) is 10.0 Å². The van der Waals surface area contributed by atoms with Gasteiger partial charge >= 0.3 is 0 Å². The van der Waals surface area contributed by atoms with Crippen LogP contribution in [0.15, 0.2) is 12.1 Å². The van der Waals surface area contributed by atoms with Gasteiger partial charge in [0.05, 0.1) is 5.02 Å². The lowest BCUT2D eigenvalue weighted by atomic mass is 9.93. The zero-order valence-corrected chi connectivity index (χ0v) is 12.6. The smallest absolute Gasteiger partial charge is 0.138 e. The Morgan fingerprint density at radius 3 is 2.79 bits per heavy atom. The maximum atomic E-state index is 10.0. The third-order valence-electron chi connectivity index (χ3n) is 3.92. The van der Waals surface area contributed by atoms with E-state index in [1.54, 1.807) is 12.1 Å². The van der Waals surface area contributed by atoms with Crippen molar-refractivity contribution in [1.82, 2.24) is 4.90 Å². The molecule has 0 aliphatic carbocycles. The summed E-state index contributed by atoms with van der Waals surface area (Å²) < 4.78 is 0. The first-order valence-electron chi connectivity index (χ1n) is 6.62. The second kappa shape index (κ2) is 6.31. The van der Waals surface area contributed by atoms with Gasteiger partial charge < -0.3 is 10.8 Å². The predicted molar refractivity (Wildman–Crippen MR) is 79.8 cm³/mol. The molecule has 0 aromatic heterocycles. The van der Waals surface area contributed by atoms with Crippen LogP contribution in [0, 0.1) is 5.92 Å². The van der Waals surface area contributed by atoms with Crippen LogP contribution in [0.1, 0.15) is 25.3 Å². The number of likely N-dealkylation sites (tertiary alicyclic amines) is 1. The molecular weight excluding hydrogens is 283 g/mol. The first-order valence-corrected chi connectivity index (χ1v) is 7.38. The van der Waals surface area contributed by atoms with E-state index < -0.39 is 0 Å². The fourth-order valence-corrected chi connectivity index (χ4v) is 3.17. The molecule has 3 nitrogen and oxygen atoms in total. The molecule has 2 rings (SSSR count). The third-order valence-corrected chi connectivity index (χ3v) is 4.43. The summed E-state index contributed by atoms with van der Waals surface area (Å²) in [6.45, 7) is 4.53. The lowest BCUT2D eigenvalue weighted by molar-refractivity contribution is 0.112. The van der Waals surface area contributed by atoms with Gasteiger partial charge in [0.1, 0.15) is 5.75 Å². The topological polar surface area (TPSA) is 49.5 Å². The summed E-state index contributed by atoms with van der Waals surface area (Å²) in [6, 6.07) is 3.83. The number of nitrogens with two attached hydrogens (primary N) is 1. The molecule has 0 spiro atoms. The molecule has 0 bridgehead atoms. The Kier molecular flexibility index (Phi) is 4.96. The van der Waals surface area contributed by atoms with Gasteiger partial charge in [0.25, 0.3) is 0 Å². The van der Waals surface area contributed by atoms with Crippen molar-refractivity contribution >= 4 is 23.2 Å². The number of piperidine rings is 1. The van der Waals surface area contributed by atoms with Crippen LogP contribution >= 0.6 is 23.2 Å². The monoisotopic (exact) mass is 302 g/mol. The molecule has 5 heteroatoms. The van der Waals surface area contributed by atoms with Gasteiger partial charge in [0.2, 0.25) is 0 Å². The van der Waals surface area contributed by atoms with Crippen LogP contribution in [-0.2, 0) is 6.54 Å². The van der Waals surface area contributed by atoms with Gasteiger partial charge in [-0.3, -0.25) is 4.90 Å². The molecule has 2 unspecified atom stereocenters. The van der Waals surface area contributed by atoms with E-state index in [1.165, 1.54) is 6.42 Å². The van der Waals surface area contributed by atoms with Gasteiger partial charge in [-0.25, -0.2) is 0 Å². The van der Waals surface area contributed by atoms with Crippen LogP contribution in [0.5, 0.6) is 5.75 Å². The normalized spacial score (nSPS) is 24.6. The fourth-order valence-electron chi connectivity index (χ4n) is 2.63. The van der Waals surface area contributed by atoms with Crippen molar-refractivity contribution in [2.75, 3.05) is 13.1 Å². The minimum atomic E-state index is 0.133. The second-order valence-electron chi connectivity index (χ2n) is 5.35. The maximum Gasteiger partial charge on any atom is 0.138 e. The second-order valence-corrected chi connectivity index (χ2v) is 6.20. The highest BCUT2D eigenvalue weighted by Crippen LogP contribution is 2.33. The molecule has 1 heterocycles. The zero-order valence-electron chi connectivity index (χ0n) is 11.1. The third kappa shape index (κ3) is 3.54. The van der Waals surface area contributed by atoms with Gasteiger partial charge in [-0.2, -0.15) is 0 Å². The highest BCUT2D eigenvalue weighted by Gasteiger charge is 2.25. The molecule has 1 aromatic rings. The van der Waals surface area contributed by atoms with Crippen molar-refractivity contribution in [1.29, 1.82) is 0 Å². The highest BCUT2D eigenvalue weighted by molar-refractivity contribution is 6.35. The van der Waals surface area contributed by atoms with Crippen molar-refractivity contribution in [3.05, 3.63) is 27.7 Å². The van der Waals surface area contributed by atoms with E-state index in [4.69, 9.17) is 28.9 Å².